The van der Waals surface area contributed by atoms with Gasteiger partial charge in [0, 0.05) is 17.8 Å². The normalized spacial score (nSPS) is 15.7. The quantitative estimate of drug-likeness (QED) is 0.735. The van der Waals surface area contributed by atoms with Gasteiger partial charge in [0.15, 0.2) is 5.82 Å². The topological polar surface area (TPSA) is 57.4 Å². The Morgan fingerprint density at radius 3 is 2.60 bits per heavy atom. The van der Waals surface area contributed by atoms with Crippen molar-refractivity contribution in [2.24, 2.45) is 15.2 Å². The highest BCUT2D eigenvalue weighted by molar-refractivity contribution is 6.78. The Labute approximate surface area is 118 Å². The van der Waals surface area contributed by atoms with E-state index in [1.54, 1.807) is 6.07 Å². The minimum absolute atomic E-state index is 0.114. The molecule has 1 aromatic rings. The smallest absolute Gasteiger partial charge is 0.214 e. The van der Waals surface area contributed by atoms with Crippen molar-refractivity contribution >= 4 is 23.9 Å². The van der Waals surface area contributed by atoms with E-state index in [4.69, 9.17) is 0 Å². The lowest BCUT2D eigenvalue weighted by Gasteiger charge is -2.17. The van der Waals surface area contributed by atoms with Gasteiger partial charge in [0.25, 0.3) is 0 Å². The summed E-state index contributed by atoms with van der Waals surface area (Å²) >= 11 is 0. The van der Waals surface area contributed by atoms with Gasteiger partial charge in [-0.3, -0.25) is 4.79 Å². The van der Waals surface area contributed by atoms with Gasteiger partial charge in [-0.25, -0.2) is 4.99 Å². The number of hydrogen-bond acceptors (Lipinski definition) is 5. The Balaban J connectivity index is 0.000000704. The van der Waals surface area contributed by atoms with Gasteiger partial charge in [-0.1, -0.05) is 38.6 Å². The van der Waals surface area contributed by atoms with Crippen LogP contribution in [0.5, 0.6) is 0 Å². The highest BCUT2D eigenvalue weighted by Crippen LogP contribution is 2.28. The number of benzene rings is 1. The maximum Gasteiger partial charge on any atom is 0.214 e. The summed E-state index contributed by atoms with van der Waals surface area (Å²) in [4.78, 5) is 16.4. The molecule has 0 spiro atoms. The SMILES string of the molecule is C=NN1N=C2C(=NC1=C)C(=O)c1cccc(C)c12.CC. The second-order valence-corrected chi connectivity index (χ2v) is 4.08. The van der Waals surface area contributed by atoms with Gasteiger partial charge < -0.3 is 0 Å². The lowest BCUT2D eigenvalue weighted by molar-refractivity contribution is 0.106. The van der Waals surface area contributed by atoms with Crippen LogP contribution in [0.15, 0.2) is 45.8 Å². The standard InChI is InChI=1S/C13H10N4O.C2H6/c1-7-5-4-6-9-10(7)11-12(13(9)18)15-8(2)17(14-3)16-11;1-2/h4-6H,2-3H2,1H3;1-2H3. The first-order valence-electron chi connectivity index (χ1n) is 6.41. The van der Waals surface area contributed by atoms with E-state index in [2.05, 4.69) is 28.5 Å². The third-order valence-electron chi connectivity index (χ3n) is 2.99. The summed E-state index contributed by atoms with van der Waals surface area (Å²) in [5.74, 6) is 0.180. The molecule has 102 valence electrons. The molecule has 0 unspecified atom stereocenters. The highest BCUT2D eigenvalue weighted by atomic mass is 16.1. The average molecular weight is 268 g/mol. The Bertz CT molecular complexity index is 670. The molecular weight excluding hydrogens is 252 g/mol. The van der Waals surface area contributed by atoms with Gasteiger partial charge in [-0.15, -0.1) is 10.2 Å². The van der Waals surface area contributed by atoms with Gasteiger partial charge in [0.2, 0.25) is 5.78 Å². The van der Waals surface area contributed by atoms with E-state index in [0.717, 1.165) is 11.1 Å². The van der Waals surface area contributed by atoms with Gasteiger partial charge in [0.1, 0.15) is 11.4 Å². The zero-order chi connectivity index (χ0) is 14.9. The van der Waals surface area contributed by atoms with Crippen LogP contribution in [0.4, 0.5) is 0 Å². The number of carbonyl (C=O) groups is 1. The van der Waals surface area contributed by atoms with Crippen molar-refractivity contribution in [1.82, 2.24) is 5.12 Å². The molecule has 3 rings (SSSR count). The predicted octanol–water partition coefficient (Wildman–Crippen LogP) is 2.77. The van der Waals surface area contributed by atoms with Crippen LogP contribution in [0.1, 0.15) is 35.3 Å². The number of Topliss-reactive ketones (excluding diaryl/α,β-unsaturated/α-hetero) is 1. The molecule has 1 heterocycles. The Hall–Kier alpha value is -2.56. The summed E-state index contributed by atoms with van der Waals surface area (Å²) in [6.45, 7) is 13.0. The number of fused-ring (bicyclic) bond motifs is 3. The van der Waals surface area contributed by atoms with Crippen molar-refractivity contribution in [2.45, 2.75) is 20.8 Å². The predicted molar refractivity (Wildman–Crippen MR) is 81.4 cm³/mol. The Kier molecular flexibility index (Phi) is 3.61. The summed E-state index contributed by atoms with van der Waals surface area (Å²) in [5.41, 5.74) is 3.33. The van der Waals surface area contributed by atoms with E-state index in [9.17, 15) is 4.79 Å². The fourth-order valence-electron chi connectivity index (χ4n) is 2.17. The minimum Gasteiger partial charge on any atom is -0.287 e. The van der Waals surface area contributed by atoms with Gasteiger partial charge in [-0.2, -0.15) is 5.10 Å². The van der Waals surface area contributed by atoms with Crippen molar-refractivity contribution in [1.29, 1.82) is 0 Å². The lowest BCUT2D eigenvalue weighted by Crippen LogP contribution is -2.25. The number of aryl methyl sites for hydroxylation is 1. The first-order chi connectivity index (χ1) is 9.63. The van der Waals surface area contributed by atoms with Crippen molar-refractivity contribution < 1.29 is 4.79 Å². The number of hydrazone groups is 2. The van der Waals surface area contributed by atoms with E-state index in [-0.39, 0.29) is 5.78 Å². The third-order valence-corrected chi connectivity index (χ3v) is 2.99. The summed E-state index contributed by atoms with van der Waals surface area (Å²) in [6.07, 6.45) is 0. The molecule has 0 saturated heterocycles. The van der Waals surface area contributed by atoms with Gasteiger partial charge in [0.05, 0.1) is 0 Å². The monoisotopic (exact) mass is 268 g/mol. The van der Waals surface area contributed by atoms with Crippen LogP contribution in [0.25, 0.3) is 0 Å². The molecule has 0 saturated carbocycles. The molecular formula is C15H16N4O. The van der Waals surface area contributed by atoms with Crippen LogP contribution in [0, 0.1) is 6.92 Å². The zero-order valence-electron chi connectivity index (χ0n) is 11.8. The number of carbonyl (C=O) groups excluding carboxylic acids is 1. The van der Waals surface area contributed by atoms with Crippen molar-refractivity contribution in [3.8, 4) is 0 Å². The molecule has 0 fully saturated rings. The van der Waals surface area contributed by atoms with Gasteiger partial charge >= 0.3 is 0 Å². The zero-order valence-corrected chi connectivity index (χ0v) is 11.8. The molecule has 1 aliphatic heterocycles. The highest BCUT2D eigenvalue weighted by Gasteiger charge is 2.37. The number of aliphatic imine (C=N–C) groups is 1. The van der Waals surface area contributed by atoms with E-state index < -0.39 is 0 Å². The molecule has 0 bridgehead atoms. The molecule has 1 aliphatic carbocycles. The number of hydrogen-bond donors (Lipinski definition) is 0. The third kappa shape index (κ3) is 1.87. The fraction of sp³-hybridized carbons (Fsp3) is 0.200. The second kappa shape index (κ2) is 5.21. The molecule has 0 N–H and O–H groups in total. The maximum atomic E-state index is 12.2. The van der Waals surface area contributed by atoms with Crippen LogP contribution in [0.3, 0.4) is 0 Å². The summed E-state index contributed by atoms with van der Waals surface area (Å²) in [5, 5.41) is 9.19. The first-order valence-corrected chi connectivity index (χ1v) is 6.41. The fourth-order valence-corrected chi connectivity index (χ4v) is 2.17. The molecule has 20 heavy (non-hydrogen) atoms. The first kappa shape index (κ1) is 13.9. The van der Waals surface area contributed by atoms with Crippen LogP contribution in [-0.4, -0.2) is 29.0 Å². The van der Waals surface area contributed by atoms with E-state index in [1.807, 2.05) is 32.9 Å². The van der Waals surface area contributed by atoms with E-state index >= 15 is 0 Å². The molecule has 0 amide bonds. The Morgan fingerprint density at radius 2 is 1.95 bits per heavy atom. The van der Waals surface area contributed by atoms with Crippen molar-refractivity contribution in [2.75, 3.05) is 0 Å². The molecule has 0 radical (unpaired) electrons. The summed E-state index contributed by atoms with van der Waals surface area (Å²) < 4.78 is 0. The number of ketones is 1. The van der Waals surface area contributed by atoms with Crippen LogP contribution < -0.4 is 0 Å². The lowest BCUT2D eigenvalue weighted by atomic mass is 10.0. The number of nitrogens with zero attached hydrogens (tertiary/aromatic N) is 4. The van der Waals surface area contributed by atoms with E-state index in [1.165, 1.54) is 5.12 Å². The van der Waals surface area contributed by atoms with E-state index in [0.29, 0.717) is 22.8 Å². The van der Waals surface area contributed by atoms with Crippen LogP contribution >= 0.6 is 0 Å². The molecule has 0 atom stereocenters. The summed E-state index contributed by atoms with van der Waals surface area (Å²) in [7, 11) is 0. The van der Waals surface area contributed by atoms with Crippen molar-refractivity contribution in [3.05, 3.63) is 47.3 Å². The molecule has 5 nitrogen and oxygen atoms in total. The maximum absolute atomic E-state index is 12.2. The summed E-state index contributed by atoms with van der Waals surface area (Å²) in [6, 6.07) is 5.57. The van der Waals surface area contributed by atoms with Crippen LogP contribution in [0.2, 0.25) is 0 Å². The van der Waals surface area contributed by atoms with Gasteiger partial charge in [-0.05, 0) is 12.5 Å². The largest absolute Gasteiger partial charge is 0.287 e. The van der Waals surface area contributed by atoms with Crippen molar-refractivity contribution in [3.63, 3.8) is 0 Å². The molecule has 2 aliphatic rings. The molecule has 1 aromatic carbocycles. The minimum atomic E-state index is -0.114. The Morgan fingerprint density at radius 1 is 1.25 bits per heavy atom. The molecule has 0 aromatic heterocycles. The molecule has 5 heteroatoms. The second-order valence-electron chi connectivity index (χ2n) is 4.08. The number of rotatable bonds is 1. The van der Waals surface area contributed by atoms with Crippen LogP contribution in [-0.2, 0) is 0 Å². The average Bonchev–Trinajstić information content (AvgIpc) is 2.75.